The number of anilines is 2. The molecule has 7 nitrogen and oxygen atoms in total. The van der Waals surface area contributed by atoms with Gasteiger partial charge in [0.15, 0.2) is 0 Å². The Bertz CT molecular complexity index is 1120. The van der Waals surface area contributed by atoms with Crippen LogP contribution in [0.25, 0.3) is 5.57 Å². The molecule has 2 aromatic rings. The summed E-state index contributed by atoms with van der Waals surface area (Å²) in [6.45, 7) is 4.84. The molecule has 2 aromatic carbocycles. The normalized spacial score (nSPS) is 22.7. The lowest BCUT2D eigenvalue weighted by atomic mass is 9.94. The van der Waals surface area contributed by atoms with E-state index in [4.69, 9.17) is 4.74 Å². The molecule has 7 heteroatoms. The van der Waals surface area contributed by atoms with Crippen LogP contribution in [0.4, 0.5) is 11.4 Å². The zero-order chi connectivity index (χ0) is 22.2. The van der Waals surface area contributed by atoms with Gasteiger partial charge in [0.25, 0.3) is 5.91 Å². The highest BCUT2D eigenvalue weighted by Gasteiger charge is 2.32. The van der Waals surface area contributed by atoms with Gasteiger partial charge in [0.1, 0.15) is 5.75 Å². The Morgan fingerprint density at radius 3 is 2.81 bits per heavy atom. The van der Waals surface area contributed by atoms with Crippen molar-refractivity contribution >= 4 is 28.8 Å². The number of carboxylic acids is 1. The van der Waals surface area contributed by atoms with Crippen LogP contribution >= 0.6 is 0 Å². The van der Waals surface area contributed by atoms with Crippen molar-refractivity contribution in [1.29, 1.82) is 0 Å². The Morgan fingerprint density at radius 1 is 1.19 bits per heavy atom. The minimum atomic E-state index is -1.01. The van der Waals surface area contributed by atoms with Crippen molar-refractivity contribution in [3.8, 4) is 5.75 Å². The molecule has 166 valence electrons. The van der Waals surface area contributed by atoms with Gasteiger partial charge in [0, 0.05) is 22.5 Å². The number of carbonyl (C=O) groups is 2. The quantitative estimate of drug-likeness (QED) is 0.520. The van der Waals surface area contributed by atoms with Gasteiger partial charge in [-0.25, -0.2) is 4.79 Å². The first kappa shape index (κ1) is 20.6. The number of benzene rings is 2. The van der Waals surface area contributed by atoms with E-state index in [1.54, 1.807) is 12.1 Å². The topological polar surface area (TPSA) is 99.7 Å². The summed E-state index contributed by atoms with van der Waals surface area (Å²) >= 11 is 0. The van der Waals surface area contributed by atoms with Crippen LogP contribution in [-0.2, 0) is 11.2 Å². The number of amides is 1. The van der Waals surface area contributed by atoms with Crippen LogP contribution in [0, 0.1) is 5.92 Å². The van der Waals surface area contributed by atoms with Gasteiger partial charge in [-0.3, -0.25) is 4.79 Å². The molecular formula is C25H27N3O4. The maximum Gasteiger partial charge on any atom is 0.335 e. The van der Waals surface area contributed by atoms with Gasteiger partial charge in [0.05, 0.1) is 18.2 Å². The molecule has 32 heavy (non-hydrogen) atoms. The van der Waals surface area contributed by atoms with E-state index >= 15 is 0 Å². The monoisotopic (exact) mass is 433 g/mol. The van der Waals surface area contributed by atoms with E-state index < -0.39 is 5.97 Å². The summed E-state index contributed by atoms with van der Waals surface area (Å²) in [5, 5.41) is 19.1. The van der Waals surface area contributed by atoms with Crippen LogP contribution < -0.4 is 20.7 Å². The number of hydrogen-bond acceptors (Lipinski definition) is 5. The number of ether oxygens (including phenoxy) is 1. The van der Waals surface area contributed by atoms with Gasteiger partial charge in [-0.05, 0) is 92.7 Å². The van der Waals surface area contributed by atoms with Gasteiger partial charge in [-0.15, -0.1) is 0 Å². The smallest absolute Gasteiger partial charge is 0.335 e. The SMILES string of the molecule is C/C(=C1/C(=O)Nc2ccc(C(=O)O)cc21)C1Cc2cc(OCCC3CCNC3)ccc2N1. The number of aromatic carboxylic acids is 1. The lowest BCUT2D eigenvalue weighted by Gasteiger charge is -2.15. The molecule has 1 fully saturated rings. The molecule has 0 aromatic heterocycles. The number of carbonyl (C=O) groups excluding carboxylic acids is 1. The largest absolute Gasteiger partial charge is 0.494 e. The second-order valence-corrected chi connectivity index (χ2v) is 8.79. The molecule has 0 aliphatic carbocycles. The lowest BCUT2D eigenvalue weighted by molar-refractivity contribution is -0.110. The molecule has 2 unspecified atom stereocenters. The van der Waals surface area contributed by atoms with Gasteiger partial charge in [-0.1, -0.05) is 0 Å². The molecule has 5 rings (SSSR count). The predicted octanol–water partition coefficient (Wildman–Crippen LogP) is 3.53. The van der Waals surface area contributed by atoms with Crippen molar-refractivity contribution in [2.75, 3.05) is 30.3 Å². The molecule has 3 heterocycles. The van der Waals surface area contributed by atoms with E-state index in [0.29, 0.717) is 29.3 Å². The summed E-state index contributed by atoms with van der Waals surface area (Å²) in [5.74, 6) is 0.375. The van der Waals surface area contributed by atoms with Crippen molar-refractivity contribution in [1.82, 2.24) is 5.32 Å². The first-order valence-electron chi connectivity index (χ1n) is 11.1. The number of hydrogen-bond donors (Lipinski definition) is 4. The summed E-state index contributed by atoms with van der Waals surface area (Å²) in [4.78, 5) is 24.1. The maximum absolute atomic E-state index is 12.7. The zero-order valence-corrected chi connectivity index (χ0v) is 18.0. The summed E-state index contributed by atoms with van der Waals surface area (Å²) in [6.07, 6.45) is 3.02. The number of rotatable bonds is 6. The predicted molar refractivity (Wildman–Crippen MR) is 123 cm³/mol. The number of fused-ring (bicyclic) bond motifs is 2. The summed E-state index contributed by atoms with van der Waals surface area (Å²) in [7, 11) is 0. The molecule has 0 radical (unpaired) electrons. The average Bonchev–Trinajstić information content (AvgIpc) is 3.50. The van der Waals surface area contributed by atoms with Crippen LogP contribution in [0.15, 0.2) is 42.0 Å². The van der Waals surface area contributed by atoms with Crippen LogP contribution in [0.5, 0.6) is 5.75 Å². The molecule has 2 atom stereocenters. The van der Waals surface area contributed by atoms with Crippen LogP contribution in [0.3, 0.4) is 0 Å². The molecule has 1 amide bonds. The standard InChI is InChI=1S/C25H27N3O4/c1-14(23-19-11-16(25(30)31)2-4-21(19)28-24(23)29)22-12-17-10-18(3-5-20(17)27-22)32-9-7-15-6-8-26-13-15/h2-5,10-11,15,22,26-27H,6-9,12-13H2,1H3,(H,28,29)(H,30,31)/b23-14-. The third-order valence-corrected chi connectivity index (χ3v) is 6.72. The van der Waals surface area contributed by atoms with E-state index in [9.17, 15) is 14.7 Å². The Hall–Kier alpha value is -3.32. The van der Waals surface area contributed by atoms with Crippen molar-refractivity contribution in [3.05, 3.63) is 58.7 Å². The van der Waals surface area contributed by atoms with Gasteiger partial charge >= 0.3 is 5.97 Å². The Balaban J connectivity index is 1.32. The van der Waals surface area contributed by atoms with Gasteiger partial charge in [-0.2, -0.15) is 0 Å². The van der Waals surface area contributed by atoms with Crippen molar-refractivity contribution in [2.24, 2.45) is 5.92 Å². The third-order valence-electron chi connectivity index (χ3n) is 6.72. The van der Waals surface area contributed by atoms with E-state index in [1.807, 2.05) is 19.1 Å². The Labute approximate surface area is 186 Å². The molecule has 0 spiro atoms. The highest BCUT2D eigenvalue weighted by atomic mass is 16.5. The fraction of sp³-hybridized carbons (Fsp3) is 0.360. The molecule has 3 aliphatic heterocycles. The minimum Gasteiger partial charge on any atom is -0.494 e. The fourth-order valence-electron chi connectivity index (χ4n) is 4.86. The highest BCUT2D eigenvalue weighted by molar-refractivity contribution is 6.32. The van der Waals surface area contributed by atoms with E-state index in [2.05, 4.69) is 22.0 Å². The molecule has 4 N–H and O–H groups in total. The first-order chi connectivity index (χ1) is 15.5. The molecule has 0 bridgehead atoms. The average molecular weight is 434 g/mol. The van der Waals surface area contributed by atoms with E-state index in [1.165, 1.54) is 12.5 Å². The summed E-state index contributed by atoms with van der Waals surface area (Å²) < 4.78 is 6.00. The summed E-state index contributed by atoms with van der Waals surface area (Å²) in [5.41, 5.74) is 5.12. The van der Waals surface area contributed by atoms with E-state index in [0.717, 1.165) is 48.5 Å². The van der Waals surface area contributed by atoms with Crippen LogP contribution in [-0.4, -0.2) is 42.7 Å². The molecular weight excluding hydrogens is 406 g/mol. The minimum absolute atomic E-state index is 0.0370. The fourth-order valence-corrected chi connectivity index (χ4v) is 4.86. The highest BCUT2D eigenvalue weighted by Crippen LogP contribution is 2.39. The van der Waals surface area contributed by atoms with Crippen molar-refractivity contribution in [2.45, 2.75) is 32.2 Å². The van der Waals surface area contributed by atoms with Crippen LogP contribution in [0.1, 0.15) is 41.3 Å². The Morgan fingerprint density at radius 2 is 2.03 bits per heavy atom. The van der Waals surface area contributed by atoms with Crippen molar-refractivity contribution in [3.63, 3.8) is 0 Å². The second kappa shape index (κ2) is 8.31. The zero-order valence-electron chi connectivity index (χ0n) is 18.0. The molecule has 1 saturated heterocycles. The van der Waals surface area contributed by atoms with Crippen LogP contribution in [0.2, 0.25) is 0 Å². The number of nitrogens with one attached hydrogen (secondary N) is 3. The Kier molecular flexibility index (Phi) is 5.35. The summed E-state index contributed by atoms with van der Waals surface area (Å²) in [6, 6.07) is 10.8. The lowest BCUT2D eigenvalue weighted by Crippen LogP contribution is -2.20. The molecule has 3 aliphatic rings. The molecule has 0 saturated carbocycles. The van der Waals surface area contributed by atoms with Gasteiger partial charge in [0.2, 0.25) is 0 Å². The maximum atomic E-state index is 12.7. The number of carboxylic acid groups (broad SMARTS) is 1. The van der Waals surface area contributed by atoms with Crippen molar-refractivity contribution < 1.29 is 19.4 Å². The third kappa shape index (κ3) is 3.84. The van der Waals surface area contributed by atoms with E-state index in [-0.39, 0.29) is 17.5 Å². The second-order valence-electron chi connectivity index (χ2n) is 8.79. The van der Waals surface area contributed by atoms with Gasteiger partial charge < -0.3 is 25.8 Å². The first-order valence-corrected chi connectivity index (χ1v) is 11.1.